The minimum atomic E-state index is -4.83. The number of carbonyl (C=O) groups is 2. The van der Waals surface area contributed by atoms with Gasteiger partial charge in [0.05, 0.1) is 18.8 Å². The second-order valence-electron chi connectivity index (χ2n) is 7.60. The van der Waals surface area contributed by atoms with Gasteiger partial charge in [-0.25, -0.2) is 22.9 Å². The van der Waals surface area contributed by atoms with E-state index >= 15 is 0 Å². The summed E-state index contributed by atoms with van der Waals surface area (Å²) in [6.45, 7) is 1.02. The first kappa shape index (κ1) is 24.6. The normalized spacial score (nSPS) is 17.0. The largest absolute Gasteiger partial charge is 0.464 e. The van der Waals surface area contributed by atoms with E-state index in [2.05, 4.69) is 9.72 Å². The highest BCUT2D eigenvalue weighted by molar-refractivity contribution is 5.89. The van der Waals surface area contributed by atoms with E-state index in [4.69, 9.17) is 5.73 Å². The molecule has 1 aromatic heterocycles. The Hall–Kier alpha value is -3.09. The number of halogens is 6. The van der Waals surface area contributed by atoms with E-state index in [1.807, 2.05) is 0 Å². The Morgan fingerprint density at radius 1 is 1.18 bits per heavy atom. The number of imidazole rings is 1. The molecular weight excluding hydrogens is 458 g/mol. The number of nitrogens with zero attached hydrogens (tertiary/aromatic N) is 3. The van der Waals surface area contributed by atoms with Crippen LogP contribution in [-0.4, -0.2) is 46.0 Å². The lowest BCUT2D eigenvalue weighted by molar-refractivity contribution is -0.148. The van der Waals surface area contributed by atoms with E-state index in [0.29, 0.717) is 12.1 Å². The fourth-order valence-electron chi connectivity index (χ4n) is 3.88. The molecule has 2 heterocycles. The van der Waals surface area contributed by atoms with Crippen molar-refractivity contribution in [3.8, 4) is 0 Å². The molecule has 3 rings (SSSR count). The number of aromatic nitrogens is 2. The Bertz CT molecular complexity index is 1080. The highest BCUT2D eigenvalue weighted by Gasteiger charge is 2.44. The number of fused-ring (bicyclic) bond motifs is 1. The van der Waals surface area contributed by atoms with Gasteiger partial charge in [-0.2, -0.15) is 13.2 Å². The van der Waals surface area contributed by atoms with Gasteiger partial charge in [0.2, 0.25) is 11.7 Å². The fraction of sp³-hybridized carbons (Fsp3) is 0.450. The van der Waals surface area contributed by atoms with E-state index in [1.54, 1.807) is 0 Å². The van der Waals surface area contributed by atoms with Crippen molar-refractivity contribution in [2.24, 2.45) is 5.73 Å². The van der Waals surface area contributed by atoms with Gasteiger partial charge in [-0.1, -0.05) is 0 Å². The fourth-order valence-corrected chi connectivity index (χ4v) is 3.88. The number of rotatable bonds is 5. The number of nitrogens with two attached hydrogens (primary N) is 1. The number of hydrogen-bond donors (Lipinski definition) is 1. The van der Waals surface area contributed by atoms with Crippen molar-refractivity contribution in [3.63, 3.8) is 0 Å². The zero-order valence-corrected chi connectivity index (χ0v) is 17.5. The van der Waals surface area contributed by atoms with Crippen molar-refractivity contribution in [2.75, 3.05) is 13.7 Å². The molecule has 0 fully saturated rings. The maximum atomic E-state index is 13.9. The average molecular weight is 478 g/mol. The van der Waals surface area contributed by atoms with Gasteiger partial charge in [0, 0.05) is 31.6 Å². The highest BCUT2D eigenvalue weighted by atomic mass is 19.4. The Morgan fingerprint density at radius 3 is 2.42 bits per heavy atom. The molecule has 0 saturated carbocycles. The van der Waals surface area contributed by atoms with Crippen molar-refractivity contribution in [1.29, 1.82) is 0 Å². The van der Waals surface area contributed by atoms with Gasteiger partial charge < -0.3 is 19.9 Å². The van der Waals surface area contributed by atoms with Crippen molar-refractivity contribution in [2.45, 2.75) is 44.6 Å². The highest BCUT2D eigenvalue weighted by Crippen LogP contribution is 2.36. The van der Waals surface area contributed by atoms with Crippen LogP contribution in [0.2, 0.25) is 0 Å². The lowest BCUT2D eigenvalue weighted by Crippen LogP contribution is -2.44. The maximum absolute atomic E-state index is 13.9. The molecule has 1 aliphatic heterocycles. The average Bonchev–Trinajstić information content (AvgIpc) is 3.12. The van der Waals surface area contributed by atoms with E-state index < -0.39 is 59.1 Å². The van der Waals surface area contributed by atoms with E-state index in [-0.39, 0.29) is 37.2 Å². The molecule has 0 unspecified atom stereocenters. The van der Waals surface area contributed by atoms with Crippen LogP contribution in [-0.2, 0) is 28.7 Å². The molecule has 0 spiro atoms. The maximum Gasteiger partial charge on any atom is 0.449 e. The minimum Gasteiger partial charge on any atom is -0.464 e. The van der Waals surface area contributed by atoms with Crippen LogP contribution >= 0.6 is 0 Å². The molecule has 2 atom stereocenters. The van der Waals surface area contributed by atoms with Crippen molar-refractivity contribution < 1.29 is 40.7 Å². The molecule has 0 bridgehead atoms. The van der Waals surface area contributed by atoms with Crippen LogP contribution in [0.15, 0.2) is 12.1 Å². The van der Waals surface area contributed by atoms with Crippen LogP contribution < -0.4 is 5.73 Å². The summed E-state index contributed by atoms with van der Waals surface area (Å²) in [6, 6.07) is -0.934. The number of alkyl halides is 3. The van der Waals surface area contributed by atoms with Crippen molar-refractivity contribution in [3.05, 3.63) is 52.4 Å². The van der Waals surface area contributed by atoms with Crippen LogP contribution in [0, 0.1) is 17.5 Å². The summed E-state index contributed by atoms with van der Waals surface area (Å²) < 4.78 is 85.9. The predicted octanol–water partition coefficient (Wildman–Crippen LogP) is 2.97. The SMILES string of the molecule is COC(=O)c1nc(C(F)(F)F)n2c1[C@@H](C)N(C(=O)C[C@@H](N)Cc1cc(F)c(F)cc1F)CC2. The first-order valence-electron chi connectivity index (χ1n) is 9.79. The monoisotopic (exact) mass is 478 g/mol. The minimum absolute atomic E-state index is 0.126. The van der Waals surface area contributed by atoms with Gasteiger partial charge in [-0.3, -0.25) is 4.79 Å². The van der Waals surface area contributed by atoms with Gasteiger partial charge in [-0.05, 0) is 25.0 Å². The lowest BCUT2D eigenvalue weighted by Gasteiger charge is -2.36. The molecule has 33 heavy (non-hydrogen) atoms. The van der Waals surface area contributed by atoms with E-state index in [0.717, 1.165) is 11.7 Å². The van der Waals surface area contributed by atoms with Crippen LogP contribution in [0.25, 0.3) is 0 Å². The second-order valence-corrected chi connectivity index (χ2v) is 7.60. The van der Waals surface area contributed by atoms with Gasteiger partial charge in [0.1, 0.15) is 5.82 Å². The smallest absolute Gasteiger partial charge is 0.449 e. The summed E-state index contributed by atoms with van der Waals surface area (Å²) in [5.41, 5.74) is 5.00. The van der Waals surface area contributed by atoms with Crippen LogP contribution in [0.1, 0.15) is 47.0 Å². The van der Waals surface area contributed by atoms with Gasteiger partial charge >= 0.3 is 12.1 Å². The van der Waals surface area contributed by atoms with Gasteiger partial charge in [0.25, 0.3) is 0 Å². The lowest BCUT2D eigenvalue weighted by atomic mass is 10.0. The summed E-state index contributed by atoms with van der Waals surface area (Å²) >= 11 is 0. The number of methoxy groups -OCH3 is 1. The first-order valence-corrected chi connectivity index (χ1v) is 9.79. The Morgan fingerprint density at radius 2 is 1.82 bits per heavy atom. The number of ether oxygens (including phenoxy) is 1. The van der Waals surface area contributed by atoms with Crippen LogP contribution in [0.5, 0.6) is 0 Å². The third-order valence-corrected chi connectivity index (χ3v) is 5.40. The topological polar surface area (TPSA) is 90.5 Å². The molecular formula is C20H20F6N4O3. The molecule has 2 aromatic rings. The van der Waals surface area contributed by atoms with Gasteiger partial charge in [0.15, 0.2) is 17.3 Å². The third kappa shape index (κ3) is 4.82. The molecule has 1 amide bonds. The molecule has 0 saturated heterocycles. The van der Waals surface area contributed by atoms with E-state index in [9.17, 15) is 35.9 Å². The predicted molar refractivity (Wildman–Crippen MR) is 101 cm³/mol. The van der Waals surface area contributed by atoms with Crippen molar-refractivity contribution in [1.82, 2.24) is 14.5 Å². The molecule has 2 N–H and O–H groups in total. The molecule has 13 heteroatoms. The number of amides is 1. The Balaban J connectivity index is 1.81. The first-order chi connectivity index (χ1) is 15.3. The summed E-state index contributed by atoms with van der Waals surface area (Å²) in [6.07, 6.45) is -5.46. The summed E-state index contributed by atoms with van der Waals surface area (Å²) in [7, 11) is 0.994. The quantitative estimate of drug-likeness (QED) is 0.406. The van der Waals surface area contributed by atoms with Crippen molar-refractivity contribution >= 4 is 11.9 Å². The van der Waals surface area contributed by atoms with Crippen LogP contribution in [0.4, 0.5) is 26.3 Å². The molecule has 0 radical (unpaired) electrons. The second kappa shape index (κ2) is 9.04. The number of esters is 1. The molecule has 180 valence electrons. The zero-order chi connectivity index (χ0) is 24.7. The molecule has 1 aliphatic rings. The van der Waals surface area contributed by atoms with Crippen LogP contribution in [0.3, 0.4) is 0 Å². The number of hydrogen-bond acceptors (Lipinski definition) is 5. The molecule has 1 aromatic carbocycles. The Labute approximate surface area is 184 Å². The summed E-state index contributed by atoms with van der Waals surface area (Å²) in [4.78, 5) is 29.5. The number of carbonyl (C=O) groups excluding carboxylic acids is 2. The third-order valence-electron chi connectivity index (χ3n) is 5.40. The summed E-state index contributed by atoms with van der Waals surface area (Å²) in [5.74, 6) is -6.58. The van der Waals surface area contributed by atoms with E-state index in [1.165, 1.54) is 11.8 Å². The number of benzene rings is 1. The molecule has 7 nitrogen and oxygen atoms in total. The summed E-state index contributed by atoms with van der Waals surface area (Å²) in [5, 5.41) is 0. The standard InChI is InChI=1S/C20H20F6N4O3/c1-9-17-16(18(32)33-2)28-19(20(24,25)26)30(17)4-3-29(9)15(31)7-11(27)5-10-6-13(22)14(23)8-12(10)21/h6,8-9,11H,3-5,7,27H2,1-2H3/t9-,11+/m1/s1. The van der Waals surface area contributed by atoms with Gasteiger partial charge in [-0.15, -0.1) is 0 Å². The molecule has 0 aliphatic carbocycles. The Kier molecular flexibility index (Phi) is 6.73. The zero-order valence-electron chi connectivity index (χ0n) is 17.5.